The number of nitrogen functional groups attached to an aromatic ring is 1. The summed E-state index contributed by atoms with van der Waals surface area (Å²) in [4.78, 5) is 0. The van der Waals surface area contributed by atoms with Crippen molar-refractivity contribution in [1.82, 2.24) is 9.78 Å². The van der Waals surface area contributed by atoms with Crippen molar-refractivity contribution >= 4 is 18.1 Å². The highest BCUT2D eigenvalue weighted by Gasteiger charge is 2.00. The number of aryl methyl sites for hydroxylation is 2. The van der Waals surface area contributed by atoms with E-state index >= 15 is 0 Å². The molecule has 0 bridgehead atoms. The van der Waals surface area contributed by atoms with Gasteiger partial charge in [-0.3, -0.25) is 4.68 Å². The van der Waals surface area contributed by atoms with Crippen molar-refractivity contribution in [3.05, 3.63) is 11.9 Å². The fourth-order valence-corrected chi connectivity index (χ4v) is 0.914. The van der Waals surface area contributed by atoms with Crippen LogP contribution in [0.3, 0.4) is 0 Å². The molecule has 0 radical (unpaired) electrons. The van der Waals surface area contributed by atoms with Crippen molar-refractivity contribution in [3.8, 4) is 0 Å². The second kappa shape index (κ2) is 4.23. The molecule has 1 heterocycles. The zero-order valence-electron chi connectivity index (χ0n) is 6.87. The topological polar surface area (TPSA) is 43.8 Å². The van der Waals surface area contributed by atoms with Crippen LogP contribution in [0.5, 0.6) is 0 Å². The van der Waals surface area contributed by atoms with Crippen LogP contribution < -0.4 is 5.73 Å². The third-order valence-corrected chi connectivity index (χ3v) is 1.53. The summed E-state index contributed by atoms with van der Waals surface area (Å²) < 4.78 is 1.86. The van der Waals surface area contributed by atoms with Crippen LogP contribution >= 0.6 is 12.4 Å². The Balaban J connectivity index is 0.000001000. The summed E-state index contributed by atoms with van der Waals surface area (Å²) in [7, 11) is 0. The zero-order valence-corrected chi connectivity index (χ0v) is 7.69. The Morgan fingerprint density at radius 2 is 2.18 bits per heavy atom. The van der Waals surface area contributed by atoms with Crippen molar-refractivity contribution < 1.29 is 0 Å². The van der Waals surface area contributed by atoms with Gasteiger partial charge in [-0.05, 0) is 13.3 Å². The van der Waals surface area contributed by atoms with Gasteiger partial charge < -0.3 is 5.73 Å². The van der Waals surface area contributed by atoms with Gasteiger partial charge in [0.05, 0.1) is 11.4 Å². The van der Waals surface area contributed by atoms with Gasteiger partial charge in [0.2, 0.25) is 0 Å². The molecule has 4 heteroatoms. The van der Waals surface area contributed by atoms with Crippen LogP contribution in [0, 0.1) is 0 Å². The van der Waals surface area contributed by atoms with E-state index in [4.69, 9.17) is 5.73 Å². The standard InChI is InChI=1S/C7H13N3.ClH/c1-3-7-6(8)5-10(4-2)9-7;/h5H,3-4,8H2,1-2H3;1H. The van der Waals surface area contributed by atoms with Crippen molar-refractivity contribution in [1.29, 1.82) is 0 Å². The first-order chi connectivity index (χ1) is 4.77. The lowest BCUT2D eigenvalue weighted by Gasteiger charge is -1.90. The van der Waals surface area contributed by atoms with Gasteiger partial charge >= 0.3 is 0 Å². The third-order valence-electron chi connectivity index (χ3n) is 1.53. The van der Waals surface area contributed by atoms with Crippen molar-refractivity contribution in [2.24, 2.45) is 0 Å². The maximum absolute atomic E-state index is 5.64. The molecule has 3 nitrogen and oxygen atoms in total. The first kappa shape index (κ1) is 10.3. The lowest BCUT2D eigenvalue weighted by Crippen LogP contribution is -1.94. The van der Waals surface area contributed by atoms with Gasteiger partial charge in [-0.15, -0.1) is 12.4 Å². The molecule has 0 fully saturated rings. The van der Waals surface area contributed by atoms with Crippen molar-refractivity contribution in [3.63, 3.8) is 0 Å². The Kier molecular flexibility index (Phi) is 3.97. The molecular formula is C7H14ClN3. The summed E-state index contributed by atoms with van der Waals surface area (Å²) >= 11 is 0. The quantitative estimate of drug-likeness (QED) is 0.740. The Bertz CT molecular complexity index is 219. The van der Waals surface area contributed by atoms with Gasteiger partial charge in [-0.1, -0.05) is 6.92 Å². The van der Waals surface area contributed by atoms with Crippen LogP contribution in [0.1, 0.15) is 19.5 Å². The van der Waals surface area contributed by atoms with Crippen LogP contribution in [0.15, 0.2) is 6.20 Å². The largest absolute Gasteiger partial charge is 0.396 e. The SMILES string of the molecule is CCc1nn(CC)cc1N.Cl. The number of rotatable bonds is 2. The monoisotopic (exact) mass is 175 g/mol. The van der Waals surface area contributed by atoms with Crippen molar-refractivity contribution in [2.45, 2.75) is 26.8 Å². The second-order valence-corrected chi connectivity index (χ2v) is 2.24. The molecule has 2 N–H and O–H groups in total. The molecule has 0 amide bonds. The zero-order chi connectivity index (χ0) is 7.56. The number of aromatic nitrogens is 2. The molecule has 0 aliphatic carbocycles. The summed E-state index contributed by atoms with van der Waals surface area (Å²) in [5, 5.41) is 4.24. The van der Waals surface area contributed by atoms with E-state index in [-0.39, 0.29) is 12.4 Å². The molecule has 11 heavy (non-hydrogen) atoms. The predicted octanol–water partition coefficient (Wildman–Crippen LogP) is 1.47. The number of nitrogens with zero attached hydrogens (tertiary/aromatic N) is 2. The molecule has 0 saturated heterocycles. The molecule has 0 spiro atoms. The summed E-state index contributed by atoms with van der Waals surface area (Å²) in [5.74, 6) is 0. The van der Waals surface area contributed by atoms with Gasteiger partial charge in [0.1, 0.15) is 0 Å². The predicted molar refractivity (Wildman–Crippen MR) is 48.9 cm³/mol. The second-order valence-electron chi connectivity index (χ2n) is 2.24. The molecular weight excluding hydrogens is 162 g/mol. The van der Waals surface area contributed by atoms with E-state index in [9.17, 15) is 0 Å². The lowest BCUT2D eigenvalue weighted by atomic mass is 10.3. The van der Waals surface area contributed by atoms with E-state index in [1.54, 1.807) is 0 Å². The molecule has 1 aromatic rings. The molecule has 0 aromatic carbocycles. The van der Waals surface area contributed by atoms with Crippen LogP contribution in [0.4, 0.5) is 5.69 Å². The number of nitrogens with two attached hydrogens (primary N) is 1. The van der Waals surface area contributed by atoms with E-state index in [1.165, 1.54) is 0 Å². The average molecular weight is 176 g/mol. The molecule has 0 aliphatic heterocycles. The lowest BCUT2D eigenvalue weighted by molar-refractivity contribution is 0.648. The molecule has 1 aromatic heterocycles. The van der Waals surface area contributed by atoms with Crippen LogP contribution in [-0.4, -0.2) is 9.78 Å². The summed E-state index contributed by atoms with van der Waals surface area (Å²) in [5.41, 5.74) is 7.46. The van der Waals surface area contributed by atoms with Gasteiger partial charge in [0, 0.05) is 12.7 Å². The van der Waals surface area contributed by atoms with E-state index in [0.717, 1.165) is 24.3 Å². The molecule has 1 rings (SSSR count). The summed E-state index contributed by atoms with van der Waals surface area (Å²) in [6.07, 6.45) is 2.79. The highest BCUT2D eigenvalue weighted by Crippen LogP contribution is 2.08. The van der Waals surface area contributed by atoms with E-state index in [0.29, 0.717) is 0 Å². The minimum absolute atomic E-state index is 0. The van der Waals surface area contributed by atoms with Crippen LogP contribution in [0.25, 0.3) is 0 Å². The molecule has 64 valence electrons. The van der Waals surface area contributed by atoms with Gasteiger partial charge in [-0.2, -0.15) is 5.10 Å². The summed E-state index contributed by atoms with van der Waals surface area (Å²) in [6.45, 7) is 4.99. The molecule has 0 aliphatic rings. The fourth-order valence-electron chi connectivity index (χ4n) is 0.914. The minimum atomic E-state index is 0. The van der Waals surface area contributed by atoms with Crippen LogP contribution in [-0.2, 0) is 13.0 Å². The van der Waals surface area contributed by atoms with E-state index in [2.05, 4.69) is 12.0 Å². The fraction of sp³-hybridized carbons (Fsp3) is 0.571. The maximum Gasteiger partial charge on any atom is 0.0851 e. The Morgan fingerprint density at radius 3 is 2.45 bits per heavy atom. The number of anilines is 1. The Hall–Kier alpha value is -0.700. The van der Waals surface area contributed by atoms with Gasteiger partial charge in [0.15, 0.2) is 0 Å². The number of hydrogen-bond donors (Lipinski definition) is 1. The molecule has 0 atom stereocenters. The third kappa shape index (κ3) is 2.12. The first-order valence-electron chi connectivity index (χ1n) is 3.59. The average Bonchev–Trinajstić information content (AvgIpc) is 2.30. The van der Waals surface area contributed by atoms with Crippen molar-refractivity contribution in [2.75, 3.05) is 5.73 Å². The highest BCUT2D eigenvalue weighted by atomic mass is 35.5. The summed E-state index contributed by atoms with van der Waals surface area (Å²) in [6, 6.07) is 0. The van der Waals surface area contributed by atoms with E-state index < -0.39 is 0 Å². The van der Waals surface area contributed by atoms with Crippen LogP contribution in [0.2, 0.25) is 0 Å². The molecule has 0 unspecified atom stereocenters. The van der Waals surface area contributed by atoms with E-state index in [1.807, 2.05) is 17.8 Å². The Labute approximate surface area is 73.0 Å². The van der Waals surface area contributed by atoms with Gasteiger partial charge in [-0.25, -0.2) is 0 Å². The molecule has 0 saturated carbocycles. The van der Waals surface area contributed by atoms with Gasteiger partial charge in [0.25, 0.3) is 0 Å². The maximum atomic E-state index is 5.64. The number of halogens is 1. The first-order valence-corrected chi connectivity index (χ1v) is 3.59. The number of hydrogen-bond acceptors (Lipinski definition) is 2. The smallest absolute Gasteiger partial charge is 0.0851 e. The minimum Gasteiger partial charge on any atom is -0.396 e. The normalized spacial score (nSPS) is 9.27. The Morgan fingerprint density at radius 1 is 1.55 bits per heavy atom. The highest BCUT2D eigenvalue weighted by molar-refractivity contribution is 5.85.